The molecular formula is C21H24F2N4O5. The zero-order valence-corrected chi connectivity index (χ0v) is 17.0. The quantitative estimate of drug-likeness (QED) is 0.505. The number of carbonyl (C=O) groups excluding carboxylic acids is 1. The molecule has 3 heterocycles. The number of carbonyl (C=O) groups is 1. The molecule has 4 rings (SSSR count). The van der Waals surface area contributed by atoms with Crippen molar-refractivity contribution >= 4 is 16.9 Å². The van der Waals surface area contributed by atoms with Gasteiger partial charge in [-0.05, 0) is 44.1 Å². The van der Waals surface area contributed by atoms with Gasteiger partial charge in [0.15, 0.2) is 0 Å². The zero-order valence-electron chi connectivity index (χ0n) is 17.0. The monoisotopic (exact) mass is 450 g/mol. The van der Waals surface area contributed by atoms with Gasteiger partial charge in [-0.2, -0.15) is 0 Å². The van der Waals surface area contributed by atoms with E-state index < -0.39 is 28.5 Å². The van der Waals surface area contributed by atoms with Crippen molar-refractivity contribution in [1.82, 2.24) is 20.2 Å². The molecule has 0 radical (unpaired) electrons. The van der Waals surface area contributed by atoms with Gasteiger partial charge in [0.1, 0.15) is 22.7 Å². The maximum Gasteiger partial charge on any atom is 0.257 e. The molecule has 1 aromatic carbocycles. The lowest BCUT2D eigenvalue weighted by atomic mass is 10.1. The van der Waals surface area contributed by atoms with Crippen LogP contribution >= 0.6 is 0 Å². The fourth-order valence-corrected chi connectivity index (χ4v) is 3.67. The van der Waals surface area contributed by atoms with Crippen molar-refractivity contribution in [1.29, 1.82) is 0 Å². The van der Waals surface area contributed by atoms with Crippen LogP contribution in [0.3, 0.4) is 0 Å². The van der Waals surface area contributed by atoms with E-state index in [1.807, 2.05) is 0 Å². The van der Waals surface area contributed by atoms with E-state index in [2.05, 4.69) is 15.6 Å². The Balaban J connectivity index is 0.00000181. The van der Waals surface area contributed by atoms with E-state index >= 15 is 0 Å². The molecule has 1 amide bonds. The van der Waals surface area contributed by atoms with Gasteiger partial charge in [0.05, 0.1) is 12.1 Å². The SMILES string of the molecule is O.O.O=C(NC1CCNCC1)c1cn(Cc2c(F)cccc2F)c2ccc(=O)[nH]c2c1=O. The zero-order chi connectivity index (χ0) is 21.3. The van der Waals surface area contributed by atoms with Gasteiger partial charge in [0.25, 0.3) is 5.91 Å². The molecular weight excluding hydrogens is 426 g/mol. The lowest BCUT2D eigenvalue weighted by Gasteiger charge is -2.23. The summed E-state index contributed by atoms with van der Waals surface area (Å²) in [6.45, 7) is 1.26. The lowest BCUT2D eigenvalue weighted by molar-refractivity contribution is 0.0928. The van der Waals surface area contributed by atoms with Gasteiger partial charge in [0, 0.05) is 23.9 Å². The second kappa shape index (κ2) is 10.3. The van der Waals surface area contributed by atoms with Crippen LogP contribution in [0.4, 0.5) is 8.78 Å². The van der Waals surface area contributed by atoms with Crippen LogP contribution in [0.15, 0.2) is 46.1 Å². The molecule has 0 spiro atoms. The molecule has 1 aliphatic heterocycles. The molecule has 7 N–H and O–H groups in total. The first-order chi connectivity index (χ1) is 14.4. The highest BCUT2D eigenvalue weighted by Gasteiger charge is 2.21. The maximum atomic E-state index is 14.2. The predicted molar refractivity (Wildman–Crippen MR) is 115 cm³/mol. The van der Waals surface area contributed by atoms with Gasteiger partial charge in [-0.15, -0.1) is 0 Å². The van der Waals surface area contributed by atoms with E-state index in [0.717, 1.165) is 38.1 Å². The fourth-order valence-electron chi connectivity index (χ4n) is 3.67. The summed E-state index contributed by atoms with van der Waals surface area (Å²) in [6, 6.07) is 6.05. The van der Waals surface area contributed by atoms with Crippen LogP contribution in [0, 0.1) is 11.6 Å². The molecule has 2 aromatic heterocycles. The molecule has 172 valence electrons. The van der Waals surface area contributed by atoms with Gasteiger partial charge >= 0.3 is 0 Å². The molecule has 1 aliphatic rings. The Morgan fingerprint density at radius 2 is 1.72 bits per heavy atom. The van der Waals surface area contributed by atoms with Crippen molar-refractivity contribution in [2.45, 2.75) is 25.4 Å². The van der Waals surface area contributed by atoms with Gasteiger partial charge in [0.2, 0.25) is 11.0 Å². The van der Waals surface area contributed by atoms with Crippen LogP contribution < -0.4 is 21.6 Å². The number of halogens is 2. The van der Waals surface area contributed by atoms with Crippen LogP contribution in [0.25, 0.3) is 11.0 Å². The first-order valence-electron chi connectivity index (χ1n) is 9.65. The number of amides is 1. The highest BCUT2D eigenvalue weighted by Crippen LogP contribution is 2.17. The molecule has 1 fully saturated rings. The van der Waals surface area contributed by atoms with Crippen molar-refractivity contribution < 1.29 is 24.5 Å². The van der Waals surface area contributed by atoms with Crippen molar-refractivity contribution in [2.75, 3.05) is 13.1 Å². The van der Waals surface area contributed by atoms with Crippen LogP contribution in [0.1, 0.15) is 28.8 Å². The van der Waals surface area contributed by atoms with E-state index in [0.29, 0.717) is 0 Å². The Bertz CT molecular complexity index is 1210. The first kappa shape index (κ1) is 24.9. The molecule has 0 saturated carbocycles. The maximum absolute atomic E-state index is 14.2. The Morgan fingerprint density at radius 3 is 2.38 bits per heavy atom. The largest absolute Gasteiger partial charge is 0.412 e. The Kier molecular flexibility index (Phi) is 7.97. The summed E-state index contributed by atoms with van der Waals surface area (Å²) in [5.74, 6) is -2.07. The van der Waals surface area contributed by atoms with Gasteiger partial charge in [-0.1, -0.05) is 6.07 Å². The summed E-state index contributed by atoms with van der Waals surface area (Å²) in [5, 5.41) is 6.03. The number of H-pyrrole nitrogens is 1. The number of hydrogen-bond donors (Lipinski definition) is 3. The predicted octanol–water partition coefficient (Wildman–Crippen LogP) is -0.151. The molecule has 3 aromatic rings. The number of aromatic nitrogens is 2. The average Bonchev–Trinajstić information content (AvgIpc) is 2.73. The number of hydrogen-bond acceptors (Lipinski definition) is 4. The van der Waals surface area contributed by atoms with E-state index in [1.165, 1.54) is 29.0 Å². The van der Waals surface area contributed by atoms with E-state index in [1.54, 1.807) is 0 Å². The first-order valence-corrected chi connectivity index (χ1v) is 9.65. The van der Waals surface area contributed by atoms with Gasteiger partial charge < -0.3 is 31.1 Å². The smallest absolute Gasteiger partial charge is 0.257 e. The van der Waals surface area contributed by atoms with Crippen molar-refractivity contribution in [3.63, 3.8) is 0 Å². The Morgan fingerprint density at radius 1 is 1.06 bits per heavy atom. The number of rotatable bonds is 4. The molecule has 0 unspecified atom stereocenters. The Hall–Kier alpha value is -3.41. The molecule has 32 heavy (non-hydrogen) atoms. The van der Waals surface area contributed by atoms with Crippen LogP contribution in [-0.4, -0.2) is 45.5 Å². The van der Waals surface area contributed by atoms with Crippen LogP contribution in [0.2, 0.25) is 0 Å². The highest BCUT2D eigenvalue weighted by molar-refractivity contribution is 5.96. The number of nitrogens with zero attached hydrogens (tertiary/aromatic N) is 1. The topological polar surface area (TPSA) is 159 Å². The number of benzene rings is 1. The fraction of sp³-hybridized carbons (Fsp3) is 0.286. The molecule has 11 heteroatoms. The number of aromatic amines is 1. The third-order valence-corrected chi connectivity index (χ3v) is 5.27. The lowest BCUT2D eigenvalue weighted by Crippen LogP contribution is -2.44. The summed E-state index contributed by atoms with van der Waals surface area (Å²) in [4.78, 5) is 39.9. The minimum Gasteiger partial charge on any atom is -0.412 e. The van der Waals surface area contributed by atoms with Crippen molar-refractivity contribution in [3.8, 4) is 0 Å². The number of nitrogens with one attached hydrogen (secondary N) is 3. The highest BCUT2D eigenvalue weighted by atomic mass is 19.1. The minimum atomic E-state index is -0.744. The average molecular weight is 450 g/mol. The molecule has 0 bridgehead atoms. The van der Waals surface area contributed by atoms with Crippen LogP contribution in [-0.2, 0) is 6.54 Å². The molecule has 0 atom stereocenters. The van der Waals surface area contributed by atoms with Crippen molar-refractivity contribution in [3.05, 3.63) is 79.9 Å². The summed E-state index contributed by atoms with van der Waals surface area (Å²) in [5.41, 5.74) is -1.38. The summed E-state index contributed by atoms with van der Waals surface area (Å²) < 4.78 is 29.8. The van der Waals surface area contributed by atoms with E-state index in [-0.39, 0.29) is 45.7 Å². The third-order valence-electron chi connectivity index (χ3n) is 5.27. The van der Waals surface area contributed by atoms with Gasteiger partial charge in [-0.25, -0.2) is 8.78 Å². The Labute approximate surface area is 180 Å². The summed E-state index contributed by atoms with van der Waals surface area (Å²) in [7, 11) is 0. The summed E-state index contributed by atoms with van der Waals surface area (Å²) >= 11 is 0. The third kappa shape index (κ3) is 4.90. The minimum absolute atomic E-state index is 0. The number of pyridine rings is 2. The number of fused-ring (bicyclic) bond motifs is 1. The van der Waals surface area contributed by atoms with E-state index in [9.17, 15) is 23.2 Å². The normalized spacial score (nSPS) is 13.8. The molecule has 9 nitrogen and oxygen atoms in total. The van der Waals surface area contributed by atoms with E-state index in [4.69, 9.17) is 0 Å². The molecule has 1 saturated heterocycles. The standard InChI is InChI=1S/C21H20F2N4O3.2H2O/c22-15-2-1-3-16(23)13(15)10-27-11-14(21(30)25-12-6-8-24-9-7-12)20(29)19-17(27)4-5-18(28)26-19;;/h1-5,11-12,24H,6-10H2,(H,25,30)(H,26,28);2*1H2. The second-order valence-electron chi connectivity index (χ2n) is 7.28. The second-order valence-corrected chi connectivity index (χ2v) is 7.28. The van der Waals surface area contributed by atoms with Crippen LogP contribution in [0.5, 0.6) is 0 Å². The van der Waals surface area contributed by atoms with Gasteiger partial charge in [-0.3, -0.25) is 14.4 Å². The van der Waals surface area contributed by atoms with Crippen molar-refractivity contribution in [2.24, 2.45) is 0 Å². The number of piperidine rings is 1. The molecule has 0 aliphatic carbocycles. The summed E-state index contributed by atoms with van der Waals surface area (Å²) in [6.07, 6.45) is 2.74.